The van der Waals surface area contributed by atoms with Gasteiger partial charge in [-0.1, -0.05) is 0 Å². The Hall–Kier alpha value is -1.31. The topological polar surface area (TPSA) is 66.8 Å². The number of carbonyl (C=O) groups is 2. The highest BCUT2D eigenvalue weighted by molar-refractivity contribution is 5.81. The van der Waals surface area contributed by atoms with Crippen molar-refractivity contribution in [2.45, 2.75) is 38.5 Å². The Balaban J connectivity index is 2.70. The van der Waals surface area contributed by atoms with Crippen molar-refractivity contribution in [3.8, 4) is 0 Å². The predicted molar refractivity (Wildman–Crippen MR) is 63.0 cm³/mol. The van der Waals surface area contributed by atoms with Crippen LogP contribution >= 0.6 is 0 Å². The molecule has 5 nitrogen and oxygen atoms in total. The molecule has 0 aromatic rings. The number of rotatable bonds is 5. The number of alkyl halides is 3. The van der Waals surface area contributed by atoms with Crippen LogP contribution < -0.4 is 0 Å². The average Bonchev–Trinajstić information content (AvgIpc) is 2.81. The number of hydrogen-bond donors (Lipinski definition) is 1. The molecule has 0 aromatic heterocycles. The lowest BCUT2D eigenvalue weighted by atomic mass is 9.86. The lowest BCUT2D eigenvalue weighted by Gasteiger charge is -2.27. The van der Waals surface area contributed by atoms with E-state index in [9.17, 15) is 22.8 Å². The SMILES string of the molecule is COC(C)CCC(=O)N1CCC(C(=O)O)(C(F)(F)F)C1. The van der Waals surface area contributed by atoms with Crippen molar-refractivity contribution in [3.63, 3.8) is 0 Å². The van der Waals surface area contributed by atoms with E-state index in [1.54, 1.807) is 6.92 Å². The number of hydrogen-bond acceptors (Lipinski definition) is 3. The van der Waals surface area contributed by atoms with Crippen LogP contribution in [0.5, 0.6) is 0 Å². The van der Waals surface area contributed by atoms with Crippen LogP contribution in [0.1, 0.15) is 26.2 Å². The van der Waals surface area contributed by atoms with Crippen molar-refractivity contribution < 1.29 is 32.6 Å². The predicted octanol–water partition coefficient (Wildman–Crippen LogP) is 1.67. The molecule has 0 aromatic carbocycles. The number of halogens is 3. The molecule has 1 rings (SSSR count). The molecule has 0 bridgehead atoms. The third-order valence-corrected chi connectivity index (χ3v) is 3.74. The Bertz CT molecular complexity index is 385. The summed E-state index contributed by atoms with van der Waals surface area (Å²) >= 11 is 0. The maximum absolute atomic E-state index is 12.9. The number of amides is 1. The molecule has 1 N–H and O–H groups in total. The van der Waals surface area contributed by atoms with Crippen LogP contribution in [0.15, 0.2) is 0 Å². The van der Waals surface area contributed by atoms with Crippen molar-refractivity contribution in [3.05, 3.63) is 0 Å². The van der Waals surface area contributed by atoms with E-state index in [1.807, 2.05) is 0 Å². The molecule has 8 heteroatoms. The highest BCUT2D eigenvalue weighted by Gasteiger charge is 2.64. The van der Waals surface area contributed by atoms with Gasteiger partial charge in [-0.05, 0) is 19.8 Å². The Morgan fingerprint density at radius 1 is 1.45 bits per heavy atom. The summed E-state index contributed by atoms with van der Waals surface area (Å²) in [7, 11) is 1.48. The number of carboxylic acids is 1. The minimum atomic E-state index is -4.87. The smallest absolute Gasteiger partial charge is 0.406 e. The zero-order chi connectivity index (χ0) is 15.6. The van der Waals surface area contributed by atoms with Crippen LogP contribution in [0.4, 0.5) is 13.2 Å². The third kappa shape index (κ3) is 3.23. The van der Waals surface area contributed by atoms with Crippen LogP contribution in [0.25, 0.3) is 0 Å². The normalized spacial score (nSPS) is 24.8. The lowest BCUT2D eigenvalue weighted by Crippen LogP contribution is -2.47. The molecule has 2 atom stereocenters. The summed E-state index contributed by atoms with van der Waals surface area (Å²) in [6.45, 7) is 0.743. The molecule has 0 aliphatic carbocycles. The highest BCUT2D eigenvalue weighted by atomic mass is 19.4. The first-order chi connectivity index (χ1) is 9.14. The van der Waals surface area contributed by atoms with Gasteiger partial charge in [0.2, 0.25) is 5.91 Å². The molecule has 1 heterocycles. The number of methoxy groups -OCH3 is 1. The van der Waals surface area contributed by atoms with Gasteiger partial charge in [0.1, 0.15) is 0 Å². The van der Waals surface area contributed by atoms with Gasteiger partial charge in [0.25, 0.3) is 0 Å². The molecule has 1 aliphatic heterocycles. The lowest BCUT2D eigenvalue weighted by molar-refractivity contribution is -0.227. The second kappa shape index (κ2) is 5.99. The first kappa shape index (κ1) is 16.7. The summed E-state index contributed by atoms with van der Waals surface area (Å²) in [4.78, 5) is 23.8. The Kier molecular flexibility index (Phi) is 5.01. The van der Waals surface area contributed by atoms with E-state index in [1.165, 1.54) is 7.11 Å². The second-order valence-corrected chi connectivity index (χ2v) is 5.04. The molecular formula is C12H18F3NO4. The van der Waals surface area contributed by atoms with Crippen molar-refractivity contribution in [1.82, 2.24) is 4.90 Å². The van der Waals surface area contributed by atoms with Crippen LogP contribution in [-0.2, 0) is 14.3 Å². The summed E-state index contributed by atoms with van der Waals surface area (Å²) in [6.07, 6.45) is -5.21. The van der Waals surface area contributed by atoms with Crippen LogP contribution in [0.3, 0.4) is 0 Å². The van der Waals surface area contributed by atoms with E-state index in [-0.39, 0.29) is 19.1 Å². The first-order valence-corrected chi connectivity index (χ1v) is 6.25. The molecule has 1 aliphatic rings. The molecule has 20 heavy (non-hydrogen) atoms. The van der Waals surface area contributed by atoms with Crippen LogP contribution in [0, 0.1) is 5.41 Å². The number of carbonyl (C=O) groups excluding carboxylic acids is 1. The van der Waals surface area contributed by atoms with E-state index in [0.717, 1.165) is 4.90 Å². The Morgan fingerprint density at radius 2 is 2.05 bits per heavy atom. The Labute approximate surface area is 114 Å². The summed E-state index contributed by atoms with van der Waals surface area (Å²) in [5, 5.41) is 8.88. The van der Waals surface area contributed by atoms with Crippen molar-refractivity contribution in [1.29, 1.82) is 0 Å². The van der Waals surface area contributed by atoms with Gasteiger partial charge in [0, 0.05) is 26.6 Å². The van der Waals surface area contributed by atoms with Crippen molar-refractivity contribution in [2.24, 2.45) is 5.41 Å². The fraction of sp³-hybridized carbons (Fsp3) is 0.833. The van der Waals surface area contributed by atoms with Crippen LogP contribution in [0.2, 0.25) is 0 Å². The van der Waals surface area contributed by atoms with Gasteiger partial charge in [0.15, 0.2) is 5.41 Å². The summed E-state index contributed by atoms with van der Waals surface area (Å²) < 4.78 is 43.8. The summed E-state index contributed by atoms with van der Waals surface area (Å²) in [6, 6.07) is 0. The molecule has 0 spiro atoms. The first-order valence-electron chi connectivity index (χ1n) is 6.25. The molecular weight excluding hydrogens is 279 g/mol. The van der Waals surface area contributed by atoms with Gasteiger partial charge in [-0.3, -0.25) is 9.59 Å². The van der Waals surface area contributed by atoms with Gasteiger partial charge < -0.3 is 14.7 Å². The minimum absolute atomic E-state index is 0.0442. The zero-order valence-corrected chi connectivity index (χ0v) is 11.4. The van der Waals surface area contributed by atoms with E-state index in [2.05, 4.69) is 0 Å². The molecule has 0 radical (unpaired) electrons. The fourth-order valence-electron chi connectivity index (χ4n) is 2.15. The summed E-state index contributed by atoms with van der Waals surface area (Å²) in [5.41, 5.74) is -2.84. The number of nitrogens with zero attached hydrogens (tertiary/aromatic N) is 1. The van der Waals surface area contributed by atoms with Gasteiger partial charge in [-0.2, -0.15) is 13.2 Å². The number of carboxylic acid groups (broad SMARTS) is 1. The molecule has 1 saturated heterocycles. The van der Waals surface area contributed by atoms with Crippen molar-refractivity contribution in [2.75, 3.05) is 20.2 Å². The summed E-state index contributed by atoms with van der Waals surface area (Å²) in [5.74, 6) is -2.40. The van der Waals surface area contributed by atoms with E-state index in [0.29, 0.717) is 6.42 Å². The van der Waals surface area contributed by atoms with E-state index >= 15 is 0 Å². The second-order valence-electron chi connectivity index (χ2n) is 5.04. The standard InChI is InChI=1S/C12H18F3NO4/c1-8(20-2)3-4-9(17)16-6-5-11(7-16,10(18)19)12(13,14)15/h8H,3-7H2,1-2H3,(H,18,19). The van der Waals surface area contributed by atoms with E-state index in [4.69, 9.17) is 9.84 Å². The third-order valence-electron chi connectivity index (χ3n) is 3.74. The molecule has 1 amide bonds. The van der Waals surface area contributed by atoms with Gasteiger partial charge in [0.05, 0.1) is 6.10 Å². The Morgan fingerprint density at radius 3 is 2.45 bits per heavy atom. The number of ether oxygens (including phenoxy) is 1. The van der Waals surface area contributed by atoms with Gasteiger partial charge in [-0.25, -0.2) is 0 Å². The minimum Gasteiger partial charge on any atom is -0.481 e. The number of likely N-dealkylation sites (tertiary alicyclic amines) is 1. The monoisotopic (exact) mass is 297 g/mol. The largest absolute Gasteiger partial charge is 0.481 e. The van der Waals surface area contributed by atoms with Gasteiger partial charge >= 0.3 is 12.1 Å². The maximum Gasteiger partial charge on any atom is 0.406 e. The molecule has 2 unspecified atom stereocenters. The quantitative estimate of drug-likeness (QED) is 0.838. The molecule has 0 saturated carbocycles. The number of aliphatic carboxylic acids is 1. The van der Waals surface area contributed by atoms with Crippen molar-refractivity contribution >= 4 is 11.9 Å². The highest BCUT2D eigenvalue weighted by Crippen LogP contribution is 2.45. The van der Waals surface area contributed by atoms with E-state index < -0.39 is 36.4 Å². The fourth-order valence-corrected chi connectivity index (χ4v) is 2.15. The molecule has 116 valence electrons. The van der Waals surface area contributed by atoms with Gasteiger partial charge in [-0.15, -0.1) is 0 Å². The molecule has 1 fully saturated rings. The maximum atomic E-state index is 12.9. The van der Waals surface area contributed by atoms with Crippen LogP contribution in [-0.4, -0.2) is 54.4 Å². The zero-order valence-electron chi connectivity index (χ0n) is 11.4. The average molecular weight is 297 g/mol.